The largest absolute Gasteiger partial charge is 0.465 e. The van der Waals surface area contributed by atoms with Gasteiger partial charge in [0.2, 0.25) is 5.91 Å². The molecule has 3 atom stereocenters. The maximum absolute atomic E-state index is 13.9. The molecule has 0 spiro atoms. The quantitative estimate of drug-likeness (QED) is 0.112. The van der Waals surface area contributed by atoms with Crippen molar-refractivity contribution in [1.29, 1.82) is 0 Å². The van der Waals surface area contributed by atoms with Gasteiger partial charge in [-0.2, -0.15) is 0 Å². The van der Waals surface area contributed by atoms with E-state index < -0.39 is 24.3 Å². The Bertz CT molecular complexity index is 2090. The van der Waals surface area contributed by atoms with E-state index in [4.69, 9.17) is 4.74 Å². The molecule has 2 aromatic heterocycles. The maximum Gasteiger partial charge on any atom is 0.408 e. The summed E-state index contributed by atoms with van der Waals surface area (Å²) in [6, 6.07) is 22.7. The number of carbonyl (C=O) groups is 4. The van der Waals surface area contributed by atoms with Crippen LogP contribution in [0.3, 0.4) is 0 Å². The molecule has 52 heavy (non-hydrogen) atoms. The molecular formula is C39H41N7O6. The molecule has 7 rings (SSSR count). The first-order valence-electron chi connectivity index (χ1n) is 17.6. The second-order valence-corrected chi connectivity index (χ2v) is 13.5. The van der Waals surface area contributed by atoms with Crippen LogP contribution in [0.4, 0.5) is 15.3 Å². The van der Waals surface area contributed by atoms with Crippen molar-refractivity contribution in [2.45, 2.75) is 63.8 Å². The normalized spacial score (nSPS) is 17.8. The third kappa shape index (κ3) is 7.20. The molecule has 5 aromatic rings. The minimum Gasteiger partial charge on any atom is -0.465 e. The first-order valence-corrected chi connectivity index (χ1v) is 17.6. The minimum absolute atomic E-state index is 0.262. The summed E-state index contributed by atoms with van der Waals surface area (Å²) in [5, 5.41) is 16.1. The maximum atomic E-state index is 13.9. The van der Waals surface area contributed by atoms with Crippen LogP contribution in [0.5, 0.6) is 0 Å². The van der Waals surface area contributed by atoms with E-state index in [0.29, 0.717) is 43.0 Å². The molecular weight excluding hydrogens is 662 g/mol. The van der Waals surface area contributed by atoms with E-state index in [-0.39, 0.29) is 24.0 Å². The summed E-state index contributed by atoms with van der Waals surface area (Å²) < 4.78 is 5.26. The van der Waals surface area contributed by atoms with Crippen molar-refractivity contribution in [2.24, 2.45) is 0 Å². The van der Waals surface area contributed by atoms with E-state index in [1.807, 2.05) is 54.6 Å². The van der Waals surface area contributed by atoms with Gasteiger partial charge in [-0.1, -0.05) is 54.6 Å². The van der Waals surface area contributed by atoms with Gasteiger partial charge in [0.15, 0.2) is 0 Å². The summed E-state index contributed by atoms with van der Waals surface area (Å²) in [6.07, 6.45) is 2.47. The second kappa shape index (κ2) is 14.6. The lowest BCUT2D eigenvalue weighted by atomic mass is 10.0. The molecule has 3 aromatic carbocycles. The summed E-state index contributed by atoms with van der Waals surface area (Å²) in [6.45, 7) is 4.37. The number of benzene rings is 3. The molecule has 268 valence electrons. The molecule has 5 N–H and O–H groups in total. The van der Waals surface area contributed by atoms with E-state index >= 15 is 0 Å². The zero-order valence-electron chi connectivity index (χ0n) is 29.0. The fourth-order valence-electron chi connectivity index (χ4n) is 7.12. The van der Waals surface area contributed by atoms with E-state index in [2.05, 4.69) is 25.6 Å². The van der Waals surface area contributed by atoms with Gasteiger partial charge in [-0.25, -0.2) is 14.6 Å². The molecule has 0 unspecified atom stereocenters. The number of aromatic amines is 2. The summed E-state index contributed by atoms with van der Waals surface area (Å²) in [4.78, 5) is 65.9. The van der Waals surface area contributed by atoms with Crippen molar-refractivity contribution >= 4 is 40.6 Å². The lowest BCUT2D eigenvalue weighted by molar-refractivity contribution is -0.138. The summed E-state index contributed by atoms with van der Waals surface area (Å²) in [7, 11) is 0. The Morgan fingerprint density at radius 2 is 1.58 bits per heavy atom. The Hall–Kier alpha value is -6.11. The molecule has 2 saturated heterocycles. The Morgan fingerprint density at radius 3 is 2.31 bits per heavy atom. The van der Waals surface area contributed by atoms with Crippen molar-refractivity contribution in [1.82, 2.24) is 30.1 Å². The number of nitrogens with zero attached hydrogens (tertiary/aromatic N) is 3. The highest BCUT2D eigenvalue weighted by molar-refractivity contribution is 6.00. The van der Waals surface area contributed by atoms with Gasteiger partial charge < -0.3 is 35.3 Å². The molecule has 0 bridgehead atoms. The topological polar surface area (TPSA) is 173 Å². The van der Waals surface area contributed by atoms with Gasteiger partial charge in [0.1, 0.15) is 17.9 Å². The number of hydrogen-bond acceptors (Lipinski definition) is 6. The fraction of sp³-hybridized carbons (Fsp3) is 0.308. The number of carboxylic acid groups (broad SMARTS) is 1. The predicted octanol–water partition coefficient (Wildman–Crippen LogP) is 6.85. The molecule has 2 aliphatic rings. The number of fused-ring (bicyclic) bond motifs is 1. The van der Waals surface area contributed by atoms with Crippen molar-refractivity contribution in [3.63, 3.8) is 0 Å². The Morgan fingerprint density at radius 1 is 0.865 bits per heavy atom. The van der Waals surface area contributed by atoms with Crippen LogP contribution in [0, 0.1) is 0 Å². The van der Waals surface area contributed by atoms with Crippen LogP contribution < -0.4 is 10.6 Å². The Kier molecular flexibility index (Phi) is 9.66. The average Bonchev–Trinajstić information content (AvgIpc) is 3.96. The Balaban J connectivity index is 1.03. The summed E-state index contributed by atoms with van der Waals surface area (Å²) >= 11 is 0. The van der Waals surface area contributed by atoms with E-state index in [9.17, 15) is 24.3 Å². The van der Waals surface area contributed by atoms with Gasteiger partial charge in [-0.3, -0.25) is 14.5 Å². The SMILES string of the molecule is CC(C)OC(=O)N[C@@H](C(=O)N1CCC[C@H]1C(=O)Nc1ccc2[nH]c(-c3ccc(-c4cnc([C@@H]5CCCN5C(=O)O)[nH]4)cc3)cc2c1)c1ccccc1. The number of likely N-dealkylation sites (tertiary alicyclic amines) is 2. The molecule has 0 aliphatic carbocycles. The summed E-state index contributed by atoms with van der Waals surface area (Å²) in [5.74, 6) is -0.00611. The summed E-state index contributed by atoms with van der Waals surface area (Å²) in [5.41, 5.74) is 5.74. The van der Waals surface area contributed by atoms with Crippen molar-refractivity contribution < 1.29 is 29.0 Å². The van der Waals surface area contributed by atoms with E-state index in [0.717, 1.165) is 46.3 Å². The number of hydrogen-bond donors (Lipinski definition) is 5. The standard InChI is InChI=1S/C39H41N7O6/c1-23(2)52-38(49)44-34(26-8-4-3-5-9-26)37(48)45-18-7-11-33(45)36(47)41-28-16-17-29-27(20-28)21-30(42-29)24-12-14-25(15-13-24)31-22-40-35(43-31)32-10-6-19-46(32)39(50)51/h3-5,8-9,12-17,20-23,32-34,42H,6-7,10-11,18-19H2,1-2H3,(H,40,43)(H,41,47)(H,44,49)(H,50,51)/t32-,33-,34+/m0/s1. The van der Waals surface area contributed by atoms with Crippen LogP contribution in [-0.2, 0) is 14.3 Å². The predicted molar refractivity (Wildman–Crippen MR) is 195 cm³/mol. The number of alkyl carbamates (subject to hydrolysis) is 1. The number of nitrogens with one attached hydrogen (secondary N) is 4. The lowest BCUT2D eigenvalue weighted by Gasteiger charge is -2.29. The number of amides is 4. The third-order valence-corrected chi connectivity index (χ3v) is 9.63. The average molecular weight is 704 g/mol. The number of carbonyl (C=O) groups excluding carboxylic acids is 3. The van der Waals surface area contributed by atoms with Crippen LogP contribution in [0.25, 0.3) is 33.4 Å². The molecule has 13 nitrogen and oxygen atoms in total. The molecule has 4 amide bonds. The number of H-pyrrole nitrogens is 2. The molecule has 0 radical (unpaired) electrons. The van der Waals surface area contributed by atoms with Crippen molar-refractivity contribution in [3.8, 4) is 22.5 Å². The van der Waals surface area contributed by atoms with Crippen LogP contribution in [0.15, 0.2) is 85.1 Å². The second-order valence-electron chi connectivity index (χ2n) is 13.5. The zero-order chi connectivity index (χ0) is 36.4. The van der Waals surface area contributed by atoms with Gasteiger partial charge in [0.05, 0.1) is 24.0 Å². The van der Waals surface area contributed by atoms with Crippen molar-refractivity contribution in [3.05, 3.63) is 96.4 Å². The zero-order valence-corrected chi connectivity index (χ0v) is 29.0. The smallest absolute Gasteiger partial charge is 0.408 e. The third-order valence-electron chi connectivity index (χ3n) is 9.63. The highest BCUT2D eigenvalue weighted by atomic mass is 16.6. The lowest BCUT2D eigenvalue weighted by Crippen LogP contribution is -2.48. The van der Waals surface area contributed by atoms with E-state index in [1.54, 1.807) is 49.2 Å². The first kappa shape index (κ1) is 34.3. The minimum atomic E-state index is -0.997. The Labute approximate surface area is 300 Å². The van der Waals surface area contributed by atoms with E-state index in [1.165, 1.54) is 4.90 Å². The number of aromatic nitrogens is 3. The van der Waals surface area contributed by atoms with Gasteiger partial charge >= 0.3 is 12.2 Å². The monoisotopic (exact) mass is 703 g/mol. The van der Waals surface area contributed by atoms with Crippen LogP contribution in [-0.4, -0.2) is 79.1 Å². The fourth-order valence-corrected chi connectivity index (χ4v) is 7.12. The number of rotatable bonds is 9. The number of imidazole rings is 1. The van der Waals surface area contributed by atoms with Gasteiger partial charge in [0.25, 0.3) is 5.91 Å². The molecule has 2 aliphatic heterocycles. The van der Waals surface area contributed by atoms with Gasteiger partial charge in [-0.05, 0) is 80.5 Å². The first-order chi connectivity index (χ1) is 25.1. The molecule has 4 heterocycles. The molecule has 2 fully saturated rings. The van der Waals surface area contributed by atoms with Crippen LogP contribution in [0.2, 0.25) is 0 Å². The van der Waals surface area contributed by atoms with Crippen LogP contribution in [0.1, 0.15) is 63.0 Å². The number of ether oxygens (including phenoxy) is 1. The molecule has 13 heteroatoms. The number of anilines is 1. The van der Waals surface area contributed by atoms with Gasteiger partial charge in [-0.15, -0.1) is 0 Å². The highest BCUT2D eigenvalue weighted by Crippen LogP contribution is 2.33. The van der Waals surface area contributed by atoms with Crippen molar-refractivity contribution in [2.75, 3.05) is 18.4 Å². The van der Waals surface area contributed by atoms with Gasteiger partial charge in [0, 0.05) is 35.4 Å². The highest BCUT2D eigenvalue weighted by Gasteiger charge is 2.38. The van der Waals surface area contributed by atoms with Crippen LogP contribution >= 0.6 is 0 Å². The molecule has 0 saturated carbocycles.